The van der Waals surface area contributed by atoms with Crippen molar-refractivity contribution in [3.8, 4) is 45.0 Å². The van der Waals surface area contributed by atoms with Crippen LogP contribution in [0, 0.1) is 0 Å². The Bertz CT molecular complexity index is 1430. The number of nitrogens with zero attached hydrogens (tertiary/aromatic N) is 2. The fourth-order valence-corrected chi connectivity index (χ4v) is 4.32. The molecule has 4 nitrogen and oxygen atoms in total. The Labute approximate surface area is 205 Å². The van der Waals surface area contributed by atoms with E-state index < -0.39 is 0 Å². The molecule has 6 rings (SSSR count). The van der Waals surface area contributed by atoms with Gasteiger partial charge in [0.1, 0.15) is 0 Å². The van der Waals surface area contributed by atoms with E-state index in [4.69, 9.17) is 19.3 Å². The minimum absolute atomic E-state index is 0.324. The van der Waals surface area contributed by atoms with E-state index >= 15 is 0 Å². The van der Waals surface area contributed by atoms with Crippen LogP contribution in [0.2, 0.25) is 0 Å². The normalized spacial score (nSPS) is 13.2. The molecule has 5 aromatic rings. The maximum Gasteiger partial charge on any atom is 0.494 e. The lowest BCUT2D eigenvalue weighted by molar-refractivity contribution is 0.365. The summed E-state index contributed by atoms with van der Waals surface area (Å²) in [4.78, 5) is 9.88. The van der Waals surface area contributed by atoms with Crippen LogP contribution in [-0.4, -0.2) is 30.3 Å². The van der Waals surface area contributed by atoms with Crippen LogP contribution >= 0.6 is 0 Å². The summed E-state index contributed by atoms with van der Waals surface area (Å²) in [7, 11) is -0.324. The van der Waals surface area contributed by atoms with Gasteiger partial charge in [-0.1, -0.05) is 109 Å². The highest BCUT2D eigenvalue weighted by Gasteiger charge is 2.26. The van der Waals surface area contributed by atoms with Crippen molar-refractivity contribution in [2.45, 2.75) is 0 Å². The molecule has 0 unspecified atom stereocenters. The van der Waals surface area contributed by atoms with Crippen LogP contribution in [0.5, 0.6) is 0 Å². The van der Waals surface area contributed by atoms with Gasteiger partial charge in [0.2, 0.25) is 0 Å². The molecular weight excluding hydrogens is 431 g/mol. The summed E-state index contributed by atoms with van der Waals surface area (Å²) in [6.07, 6.45) is 0. The highest BCUT2D eigenvalue weighted by atomic mass is 16.6. The third-order valence-electron chi connectivity index (χ3n) is 6.12. The van der Waals surface area contributed by atoms with Gasteiger partial charge in [0.15, 0.2) is 5.82 Å². The topological polar surface area (TPSA) is 44.2 Å². The molecule has 1 aliphatic rings. The number of hydrogen-bond acceptors (Lipinski definition) is 4. The van der Waals surface area contributed by atoms with Gasteiger partial charge >= 0.3 is 7.12 Å². The largest absolute Gasteiger partial charge is 0.494 e. The Balaban J connectivity index is 1.43. The Morgan fingerprint density at radius 3 is 1.71 bits per heavy atom. The molecule has 0 atom stereocenters. The van der Waals surface area contributed by atoms with Crippen molar-refractivity contribution in [3.63, 3.8) is 0 Å². The molecule has 5 heteroatoms. The van der Waals surface area contributed by atoms with E-state index in [9.17, 15) is 0 Å². The fourth-order valence-electron chi connectivity index (χ4n) is 4.32. The van der Waals surface area contributed by atoms with Crippen molar-refractivity contribution in [2.75, 3.05) is 13.2 Å². The molecule has 1 saturated heterocycles. The molecule has 0 amide bonds. The lowest BCUT2D eigenvalue weighted by Gasteiger charge is -2.11. The molecule has 35 heavy (non-hydrogen) atoms. The van der Waals surface area contributed by atoms with Gasteiger partial charge in [-0.2, -0.15) is 0 Å². The molecule has 4 aromatic carbocycles. The van der Waals surface area contributed by atoms with E-state index in [0.29, 0.717) is 19.0 Å². The molecule has 0 saturated carbocycles. The van der Waals surface area contributed by atoms with Gasteiger partial charge in [0.05, 0.1) is 24.6 Å². The molecule has 1 fully saturated rings. The highest BCUT2D eigenvalue weighted by Crippen LogP contribution is 2.29. The van der Waals surface area contributed by atoms with Gasteiger partial charge in [0, 0.05) is 11.1 Å². The molecule has 2 heterocycles. The Kier molecular flexibility index (Phi) is 5.93. The maximum absolute atomic E-state index is 5.71. The summed E-state index contributed by atoms with van der Waals surface area (Å²) in [5.74, 6) is 0.698. The van der Waals surface area contributed by atoms with Gasteiger partial charge in [-0.05, 0) is 28.2 Å². The molecule has 1 aromatic heterocycles. The van der Waals surface area contributed by atoms with Crippen molar-refractivity contribution < 1.29 is 9.31 Å². The van der Waals surface area contributed by atoms with E-state index in [1.54, 1.807) is 0 Å². The first-order chi connectivity index (χ1) is 17.3. The van der Waals surface area contributed by atoms with E-state index in [1.807, 2.05) is 48.5 Å². The van der Waals surface area contributed by atoms with Gasteiger partial charge in [-0.3, -0.25) is 0 Å². The van der Waals surface area contributed by atoms with Gasteiger partial charge < -0.3 is 9.31 Å². The third kappa shape index (κ3) is 4.65. The molecule has 1 aliphatic heterocycles. The molecule has 0 aliphatic carbocycles. The van der Waals surface area contributed by atoms with Crippen molar-refractivity contribution >= 4 is 12.6 Å². The highest BCUT2D eigenvalue weighted by molar-refractivity contribution is 6.61. The second-order valence-corrected chi connectivity index (χ2v) is 8.47. The summed E-state index contributed by atoms with van der Waals surface area (Å²) in [6, 6.07) is 39.3. The van der Waals surface area contributed by atoms with Crippen LogP contribution in [0.1, 0.15) is 0 Å². The van der Waals surface area contributed by atoms with Crippen molar-refractivity contribution in [3.05, 3.63) is 115 Å². The van der Waals surface area contributed by atoms with Crippen molar-refractivity contribution in [2.24, 2.45) is 0 Å². The summed E-state index contributed by atoms with van der Waals surface area (Å²) < 4.78 is 11.4. The summed E-state index contributed by atoms with van der Waals surface area (Å²) in [6.45, 7) is 1.23. The van der Waals surface area contributed by atoms with Gasteiger partial charge in [-0.15, -0.1) is 0 Å². The number of benzene rings is 4. The molecule has 168 valence electrons. The minimum atomic E-state index is -0.324. The second-order valence-electron chi connectivity index (χ2n) is 8.47. The smallest absolute Gasteiger partial charge is 0.405 e. The third-order valence-corrected chi connectivity index (χ3v) is 6.12. The average Bonchev–Trinajstić information content (AvgIpc) is 3.49. The predicted molar refractivity (Wildman–Crippen MR) is 141 cm³/mol. The lowest BCUT2D eigenvalue weighted by Crippen LogP contribution is -2.31. The zero-order chi connectivity index (χ0) is 23.5. The van der Waals surface area contributed by atoms with Crippen LogP contribution in [0.25, 0.3) is 45.0 Å². The number of rotatable bonds is 5. The molecule has 0 radical (unpaired) electrons. The van der Waals surface area contributed by atoms with Gasteiger partial charge in [0.25, 0.3) is 0 Å². The van der Waals surface area contributed by atoms with E-state index in [2.05, 4.69) is 66.7 Å². The van der Waals surface area contributed by atoms with Crippen LogP contribution in [-0.2, 0) is 9.31 Å². The predicted octanol–water partition coefficient (Wildman–Crippen LogP) is 5.89. The fraction of sp³-hybridized carbons (Fsp3) is 0.0667. The Morgan fingerprint density at radius 1 is 0.486 bits per heavy atom. The van der Waals surface area contributed by atoms with Crippen molar-refractivity contribution in [1.29, 1.82) is 0 Å². The molecule has 0 bridgehead atoms. The zero-order valence-corrected chi connectivity index (χ0v) is 19.2. The number of hydrogen-bond donors (Lipinski definition) is 0. The van der Waals surface area contributed by atoms with Crippen LogP contribution < -0.4 is 5.46 Å². The molecule has 0 spiro atoms. The average molecular weight is 454 g/mol. The SMILES string of the molecule is c1ccc(-c2ccc(-c3cc(-c4cccc(B5OCCO5)c4)nc(-c4ccccc4)n3)cc2)cc1. The van der Waals surface area contributed by atoms with Crippen LogP contribution in [0.4, 0.5) is 0 Å². The molecular formula is C30H23BN2O2. The summed E-state index contributed by atoms with van der Waals surface area (Å²) in [5, 5.41) is 0. The zero-order valence-electron chi connectivity index (χ0n) is 19.2. The number of aromatic nitrogens is 2. The van der Waals surface area contributed by atoms with Crippen molar-refractivity contribution in [1.82, 2.24) is 9.97 Å². The quantitative estimate of drug-likeness (QED) is 0.311. The van der Waals surface area contributed by atoms with E-state index in [-0.39, 0.29) is 7.12 Å². The van der Waals surface area contributed by atoms with E-state index in [1.165, 1.54) is 11.1 Å². The summed E-state index contributed by atoms with van der Waals surface area (Å²) >= 11 is 0. The second kappa shape index (κ2) is 9.67. The van der Waals surface area contributed by atoms with Crippen LogP contribution in [0.3, 0.4) is 0 Å². The minimum Gasteiger partial charge on any atom is -0.405 e. The first-order valence-electron chi connectivity index (χ1n) is 11.8. The summed E-state index contributed by atoms with van der Waals surface area (Å²) in [5.41, 5.74) is 8.14. The van der Waals surface area contributed by atoms with Crippen LogP contribution in [0.15, 0.2) is 115 Å². The maximum atomic E-state index is 5.71. The van der Waals surface area contributed by atoms with Gasteiger partial charge in [-0.25, -0.2) is 9.97 Å². The first kappa shape index (κ1) is 21.5. The molecule has 0 N–H and O–H groups in total. The van der Waals surface area contributed by atoms with E-state index in [0.717, 1.165) is 33.5 Å². The Hall–Kier alpha value is -4.06. The monoisotopic (exact) mass is 454 g/mol. The first-order valence-corrected chi connectivity index (χ1v) is 11.8. The standard InChI is InChI=1S/C30H23BN2O2/c1-3-8-22(9-4-1)23-14-16-24(17-15-23)28-21-29(33-30(32-28)25-10-5-2-6-11-25)26-12-7-13-27(20-26)31-34-18-19-35-31/h1-17,20-21H,18-19H2. The lowest BCUT2D eigenvalue weighted by atomic mass is 9.78. The Morgan fingerprint density at radius 2 is 1.03 bits per heavy atom.